The first-order chi connectivity index (χ1) is 10.4. The fraction of sp³-hybridized carbons (Fsp3) is 0.133. The molecule has 0 unspecified atom stereocenters. The predicted octanol–water partition coefficient (Wildman–Crippen LogP) is 3.93. The van der Waals surface area contributed by atoms with Gasteiger partial charge in [0.25, 0.3) is 11.6 Å². The molecule has 1 amide bonds. The Bertz CT molecular complexity index is 746. The van der Waals surface area contributed by atoms with E-state index >= 15 is 0 Å². The van der Waals surface area contributed by atoms with Crippen molar-refractivity contribution in [2.75, 3.05) is 12.4 Å². The smallest absolute Gasteiger partial charge is 0.274 e. The van der Waals surface area contributed by atoms with Crippen LogP contribution in [0, 0.1) is 17.0 Å². The van der Waals surface area contributed by atoms with Crippen LogP contribution in [-0.2, 0) is 0 Å². The zero-order chi connectivity index (χ0) is 16.3. The number of aryl methyl sites for hydroxylation is 1. The van der Waals surface area contributed by atoms with Gasteiger partial charge in [-0.05, 0) is 47.1 Å². The van der Waals surface area contributed by atoms with Crippen LogP contribution in [0.4, 0.5) is 11.4 Å². The lowest BCUT2D eigenvalue weighted by atomic mass is 10.1. The van der Waals surface area contributed by atoms with Gasteiger partial charge in [0.1, 0.15) is 5.75 Å². The Labute approximate surface area is 135 Å². The SMILES string of the molecule is COc1ccc(Br)c(C(=O)Nc2ccc(C)c([N+](=O)[O-])c2)c1. The molecule has 0 saturated carbocycles. The number of benzene rings is 2. The molecule has 6 nitrogen and oxygen atoms in total. The topological polar surface area (TPSA) is 81.5 Å². The Morgan fingerprint density at radius 1 is 1.27 bits per heavy atom. The highest BCUT2D eigenvalue weighted by Crippen LogP contribution is 2.25. The maximum atomic E-state index is 12.3. The van der Waals surface area contributed by atoms with E-state index in [1.54, 1.807) is 37.3 Å². The van der Waals surface area contributed by atoms with Crippen molar-refractivity contribution in [1.29, 1.82) is 0 Å². The zero-order valence-electron chi connectivity index (χ0n) is 11.9. The molecule has 0 aliphatic carbocycles. The highest BCUT2D eigenvalue weighted by molar-refractivity contribution is 9.10. The van der Waals surface area contributed by atoms with Crippen molar-refractivity contribution >= 4 is 33.2 Å². The molecule has 22 heavy (non-hydrogen) atoms. The van der Waals surface area contributed by atoms with Crippen molar-refractivity contribution < 1.29 is 14.5 Å². The molecule has 114 valence electrons. The molecule has 2 aromatic rings. The summed E-state index contributed by atoms with van der Waals surface area (Å²) in [6, 6.07) is 9.55. The van der Waals surface area contributed by atoms with E-state index in [9.17, 15) is 14.9 Å². The first kappa shape index (κ1) is 16.0. The fourth-order valence-corrected chi connectivity index (χ4v) is 2.31. The maximum absolute atomic E-state index is 12.3. The van der Waals surface area contributed by atoms with Crippen LogP contribution in [0.2, 0.25) is 0 Å². The average Bonchev–Trinajstić information content (AvgIpc) is 2.49. The number of amides is 1. The molecule has 0 bridgehead atoms. The lowest BCUT2D eigenvalue weighted by Crippen LogP contribution is -2.13. The van der Waals surface area contributed by atoms with E-state index < -0.39 is 4.92 Å². The Balaban J connectivity index is 2.29. The van der Waals surface area contributed by atoms with Crippen LogP contribution < -0.4 is 10.1 Å². The molecule has 0 fully saturated rings. The predicted molar refractivity (Wildman–Crippen MR) is 86.5 cm³/mol. The monoisotopic (exact) mass is 364 g/mol. The molecule has 2 rings (SSSR count). The quantitative estimate of drug-likeness (QED) is 0.658. The number of methoxy groups -OCH3 is 1. The van der Waals surface area contributed by atoms with Crippen molar-refractivity contribution in [3.63, 3.8) is 0 Å². The Morgan fingerprint density at radius 3 is 2.64 bits per heavy atom. The van der Waals surface area contributed by atoms with Crippen molar-refractivity contribution in [2.24, 2.45) is 0 Å². The minimum absolute atomic E-state index is 0.0393. The summed E-state index contributed by atoms with van der Waals surface area (Å²) in [6.45, 7) is 1.64. The van der Waals surface area contributed by atoms with Crippen LogP contribution in [0.5, 0.6) is 5.75 Å². The van der Waals surface area contributed by atoms with Crippen molar-refractivity contribution in [3.05, 3.63) is 62.1 Å². The standard InChI is InChI=1S/C15H13BrN2O4/c1-9-3-4-10(7-14(9)18(20)21)17-15(19)12-8-11(22-2)5-6-13(12)16/h3-8H,1-2H3,(H,17,19). The lowest BCUT2D eigenvalue weighted by molar-refractivity contribution is -0.385. The van der Waals surface area contributed by atoms with Crippen LogP contribution in [-0.4, -0.2) is 17.9 Å². The molecule has 7 heteroatoms. The van der Waals surface area contributed by atoms with Gasteiger partial charge in [-0.3, -0.25) is 14.9 Å². The number of carbonyl (C=O) groups excluding carboxylic acids is 1. The minimum Gasteiger partial charge on any atom is -0.497 e. The van der Waals surface area contributed by atoms with Gasteiger partial charge in [0.05, 0.1) is 17.6 Å². The summed E-state index contributed by atoms with van der Waals surface area (Å²) in [5.74, 6) is 0.159. The number of nitro benzene ring substituents is 1. The first-order valence-corrected chi connectivity index (χ1v) is 7.11. The molecule has 0 radical (unpaired) electrons. The third-order valence-electron chi connectivity index (χ3n) is 3.08. The second-order valence-corrected chi connectivity index (χ2v) is 5.41. The maximum Gasteiger partial charge on any atom is 0.274 e. The van der Waals surface area contributed by atoms with Gasteiger partial charge in [0.2, 0.25) is 0 Å². The molecule has 0 spiro atoms. The van der Waals surface area contributed by atoms with Crippen molar-refractivity contribution in [2.45, 2.75) is 6.92 Å². The molecule has 0 heterocycles. The van der Waals surface area contributed by atoms with Gasteiger partial charge in [-0.1, -0.05) is 6.07 Å². The lowest BCUT2D eigenvalue weighted by Gasteiger charge is -2.09. The van der Waals surface area contributed by atoms with Gasteiger partial charge in [-0.2, -0.15) is 0 Å². The highest BCUT2D eigenvalue weighted by atomic mass is 79.9. The van der Waals surface area contributed by atoms with Crippen LogP contribution in [0.3, 0.4) is 0 Å². The second-order valence-electron chi connectivity index (χ2n) is 4.56. The molecule has 0 saturated heterocycles. The number of carbonyl (C=O) groups is 1. The summed E-state index contributed by atoms with van der Waals surface area (Å²) >= 11 is 3.30. The van der Waals surface area contributed by atoms with E-state index in [2.05, 4.69) is 21.2 Å². The molecule has 0 aromatic heterocycles. The molecule has 0 aliphatic rings. The third-order valence-corrected chi connectivity index (χ3v) is 3.77. The Kier molecular flexibility index (Phi) is 4.77. The van der Waals surface area contributed by atoms with Gasteiger partial charge in [-0.25, -0.2) is 0 Å². The normalized spacial score (nSPS) is 10.1. The summed E-state index contributed by atoms with van der Waals surface area (Å²) < 4.78 is 5.69. The molecular weight excluding hydrogens is 352 g/mol. The van der Waals surface area contributed by atoms with Crippen LogP contribution in [0.15, 0.2) is 40.9 Å². The Morgan fingerprint density at radius 2 is 2.00 bits per heavy atom. The summed E-state index contributed by atoms with van der Waals surface area (Å²) in [4.78, 5) is 22.8. The third kappa shape index (κ3) is 3.43. The number of nitro groups is 1. The van der Waals surface area contributed by atoms with Gasteiger partial charge in [0.15, 0.2) is 0 Å². The summed E-state index contributed by atoms with van der Waals surface area (Å²) in [5, 5.41) is 13.6. The number of ether oxygens (including phenoxy) is 1. The van der Waals surface area contributed by atoms with E-state index in [0.717, 1.165) is 0 Å². The number of nitrogens with zero attached hydrogens (tertiary/aromatic N) is 1. The minimum atomic E-state index is -0.480. The second kappa shape index (κ2) is 6.57. The molecule has 0 atom stereocenters. The summed E-state index contributed by atoms with van der Waals surface area (Å²) in [6.07, 6.45) is 0. The van der Waals surface area contributed by atoms with Crippen molar-refractivity contribution in [3.8, 4) is 5.75 Å². The van der Waals surface area contributed by atoms with Gasteiger partial charge in [0, 0.05) is 21.8 Å². The van der Waals surface area contributed by atoms with Gasteiger partial charge >= 0.3 is 0 Å². The highest BCUT2D eigenvalue weighted by Gasteiger charge is 2.15. The van der Waals surface area contributed by atoms with Gasteiger partial charge in [-0.15, -0.1) is 0 Å². The first-order valence-electron chi connectivity index (χ1n) is 6.32. The van der Waals surface area contributed by atoms with E-state index in [1.165, 1.54) is 13.2 Å². The number of hydrogen-bond acceptors (Lipinski definition) is 4. The number of anilines is 1. The van der Waals surface area contributed by atoms with E-state index in [1.807, 2.05) is 0 Å². The fourth-order valence-electron chi connectivity index (χ4n) is 1.89. The number of nitrogens with one attached hydrogen (secondary N) is 1. The number of halogens is 1. The molecule has 0 aliphatic heterocycles. The number of rotatable bonds is 4. The summed E-state index contributed by atoms with van der Waals surface area (Å²) in [7, 11) is 1.51. The summed E-state index contributed by atoms with van der Waals surface area (Å²) in [5.41, 5.74) is 1.23. The average molecular weight is 365 g/mol. The Hall–Kier alpha value is -2.41. The van der Waals surface area contributed by atoms with E-state index in [-0.39, 0.29) is 11.6 Å². The van der Waals surface area contributed by atoms with E-state index in [4.69, 9.17) is 4.74 Å². The van der Waals surface area contributed by atoms with Crippen LogP contribution in [0.1, 0.15) is 15.9 Å². The number of hydrogen-bond donors (Lipinski definition) is 1. The zero-order valence-corrected chi connectivity index (χ0v) is 13.5. The largest absolute Gasteiger partial charge is 0.497 e. The molecular formula is C15H13BrN2O4. The molecule has 1 N–H and O–H groups in total. The van der Waals surface area contributed by atoms with Gasteiger partial charge < -0.3 is 10.1 Å². The van der Waals surface area contributed by atoms with Crippen molar-refractivity contribution in [1.82, 2.24) is 0 Å². The van der Waals surface area contributed by atoms with Crippen LogP contribution >= 0.6 is 15.9 Å². The van der Waals surface area contributed by atoms with Crippen LogP contribution in [0.25, 0.3) is 0 Å². The molecule has 2 aromatic carbocycles. The van der Waals surface area contributed by atoms with E-state index in [0.29, 0.717) is 27.0 Å².